The quantitative estimate of drug-likeness (QED) is 0.362. The maximum atomic E-state index is 12.6. The molecular formula is C21H22N6O4. The lowest BCUT2D eigenvalue weighted by atomic mass is 10.0. The van der Waals surface area contributed by atoms with Gasteiger partial charge in [-0.2, -0.15) is 0 Å². The highest BCUT2D eigenvalue weighted by Gasteiger charge is 2.28. The summed E-state index contributed by atoms with van der Waals surface area (Å²) in [7, 11) is 1.45. The zero-order valence-corrected chi connectivity index (χ0v) is 16.8. The predicted molar refractivity (Wildman–Crippen MR) is 113 cm³/mol. The summed E-state index contributed by atoms with van der Waals surface area (Å²) >= 11 is 0. The van der Waals surface area contributed by atoms with Gasteiger partial charge in [0, 0.05) is 19.0 Å². The van der Waals surface area contributed by atoms with E-state index in [9.17, 15) is 14.7 Å². The van der Waals surface area contributed by atoms with Crippen LogP contribution in [0.25, 0.3) is 11.5 Å². The van der Waals surface area contributed by atoms with Crippen LogP contribution in [0.15, 0.2) is 64.0 Å². The third kappa shape index (κ3) is 5.66. The van der Waals surface area contributed by atoms with Crippen molar-refractivity contribution in [3.05, 3.63) is 66.1 Å². The number of nitrogens with two attached hydrogens (primary N) is 2. The summed E-state index contributed by atoms with van der Waals surface area (Å²) in [5.41, 5.74) is 12.7. The van der Waals surface area contributed by atoms with Gasteiger partial charge in [0.25, 0.3) is 0 Å². The number of carboxylic acid groups (broad SMARTS) is 1. The van der Waals surface area contributed by atoms with Crippen LogP contribution in [0, 0.1) is 0 Å². The molecule has 0 aliphatic rings. The molecule has 1 aromatic heterocycles. The van der Waals surface area contributed by atoms with E-state index in [1.165, 1.54) is 11.9 Å². The Morgan fingerprint density at radius 1 is 1.10 bits per heavy atom. The van der Waals surface area contributed by atoms with Crippen molar-refractivity contribution in [2.24, 2.45) is 16.5 Å². The number of carbonyl (C=O) groups is 2. The van der Waals surface area contributed by atoms with E-state index in [1.54, 1.807) is 24.3 Å². The fourth-order valence-electron chi connectivity index (χ4n) is 2.92. The molecule has 10 heteroatoms. The Bertz CT molecular complexity index is 1070. The van der Waals surface area contributed by atoms with Crippen LogP contribution in [0.5, 0.6) is 0 Å². The van der Waals surface area contributed by atoms with E-state index >= 15 is 0 Å². The molecule has 10 nitrogen and oxygen atoms in total. The molecule has 3 rings (SSSR count). The first-order valence-corrected chi connectivity index (χ1v) is 9.38. The number of aromatic nitrogens is 2. The molecule has 1 amide bonds. The highest BCUT2D eigenvalue weighted by atomic mass is 16.4. The summed E-state index contributed by atoms with van der Waals surface area (Å²) < 4.78 is 5.57. The number of nitrogens with zero attached hydrogens (tertiary/aromatic N) is 4. The molecule has 0 fully saturated rings. The molecule has 0 aliphatic carbocycles. The molecule has 0 saturated heterocycles. The van der Waals surface area contributed by atoms with Crippen LogP contribution < -0.4 is 11.5 Å². The Morgan fingerprint density at radius 2 is 1.77 bits per heavy atom. The van der Waals surface area contributed by atoms with Crippen molar-refractivity contribution in [3.63, 3.8) is 0 Å². The van der Waals surface area contributed by atoms with Gasteiger partial charge in [-0.05, 0) is 29.8 Å². The van der Waals surface area contributed by atoms with Gasteiger partial charge in [0.1, 0.15) is 12.5 Å². The van der Waals surface area contributed by atoms with Gasteiger partial charge in [-0.3, -0.25) is 4.79 Å². The average Bonchev–Trinajstić information content (AvgIpc) is 3.20. The van der Waals surface area contributed by atoms with E-state index in [-0.39, 0.29) is 30.6 Å². The molecular weight excluding hydrogens is 400 g/mol. The molecule has 1 heterocycles. The van der Waals surface area contributed by atoms with Gasteiger partial charge < -0.3 is 25.9 Å². The molecule has 0 radical (unpaired) electrons. The third-order valence-electron chi connectivity index (χ3n) is 4.56. The van der Waals surface area contributed by atoms with Crippen molar-refractivity contribution in [1.29, 1.82) is 0 Å². The van der Waals surface area contributed by atoms with E-state index in [0.717, 1.165) is 5.56 Å². The van der Waals surface area contributed by atoms with Gasteiger partial charge in [-0.1, -0.05) is 30.3 Å². The van der Waals surface area contributed by atoms with E-state index in [0.29, 0.717) is 11.3 Å². The minimum atomic E-state index is -1.09. The van der Waals surface area contributed by atoms with Gasteiger partial charge in [-0.25, -0.2) is 9.79 Å². The molecule has 2 aromatic carbocycles. The van der Waals surface area contributed by atoms with Crippen LogP contribution in [-0.4, -0.2) is 51.1 Å². The lowest BCUT2D eigenvalue weighted by molar-refractivity contribution is -0.148. The normalized spacial score (nSPS) is 11.5. The predicted octanol–water partition coefficient (Wildman–Crippen LogP) is 1.34. The van der Waals surface area contributed by atoms with Gasteiger partial charge in [-0.15, -0.1) is 10.2 Å². The fourth-order valence-corrected chi connectivity index (χ4v) is 2.92. The molecule has 0 aliphatic heterocycles. The monoisotopic (exact) mass is 422 g/mol. The minimum absolute atomic E-state index is 0.0533. The number of amides is 1. The van der Waals surface area contributed by atoms with Crippen molar-refractivity contribution in [2.75, 3.05) is 7.05 Å². The highest BCUT2D eigenvalue weighted by Crippen LogP contribution is 2.22. The van der Waals surface area contributed by atoms with Crippen molar-refractivity contribution >= 4 is 23.5 Å². The maximum Gasteiger partial charge on any atom is 0.326 e. The Balaban J connectivity index is 1.68. The molecule has 1 atom stereocenters. The Morgan fingerprint density at radius 3 is 2.39 bits per heavy atom. The van der Waals surface area contributed by atoms with Gasteiger partial charge in [0.15, 0.2) is 5.96 Å². The molecule has 160 valence electrons. The third-order valence-corrected chi connectivity index (χ3v) is 4.56. The lowest BCUT2D eigenvalue weighted by Crippen LogP contribution is -2.44. The SMILES string of the molecule is CN(C(=O)Cc1nnc(-c2ccc(N=C(N)N)cc2)o1)[C@@H](Cc1ccccc1)C(=O)O. The smallest absolute Gasteiger partial charge is 0.326 e. The first-order chi connectivity index (χ1) is 14.8. The second-order valence-corrected chi connectivity index (χ2v) is 6.81. The van der Waals surface area contributed by atoms with Crippen LogP contribution in [0.2, 0.25) is 0 Å². The van der Waals surface area contributed by atoms with Crippen molar-refractivity contribution in [2.45, 2.75) is 18.9 Å². The number of rotatable bonds is 8. The first-order valence-electron chi connectivity index (χ1n) is 9.38. The van der Waals surface area contributed by atoms with Crippen molar-refractivity contribution in [3.8, 4) is 11.5 Å². The Labute approximate surface area is 178 Å². The average molecular weight is 422 g/mol. The zero-order valence-electron chi connectivity index (χ0n) is 16.8. The number of benzene rings is 2. The van der Waals surface area contributed by atoms with Crippen molar-refractivity contribution < 1.29 is 19.1 Å². The highest BCUT2D eigenvalue weighted by molar-refractivity contribution is 5.84. The number of likely N-dealkylation sites (N-methyl/N-ethyl adjacent to an activating group) is 1. The second-order valence-electron chi connectivity index (χ2n) is 6.81. The zero-order chi connectivity index (χ0) is 22.4. The molecule has 0 unspecified atom stereocenters. The second kappa shape index (κ2) is 9.53. The van der Waals surface area contributed by atoms with E-state index in [1.807, 2.05) is 30.3 Å². The lowest BCUT2D eigenvalue weighted by Gasteiger charge is -2.24. The number of guanidine groups is 1. The molecule has 0 spiro atoms. The summed E-state index contributed by atoms with van der Waals surface area (Å²) in [4.78, 5) is 29.5. The summed E-state index contributed by atoms with van der Waals surface area (Å²) in [6.07, 6.45) is -0.0240. The number of carboxylic acids is 1. The minimum Gasteiger partial charge on any atom is -0.480 e. The molecule has 3 aromatic rings. The topological polar surface area (TPSA) is 161 Å². The molecule has 0 bridgehead atoms. The van der Waals surface area contributed by atoms with Crippen molar-refractivity contribution in [1.82, 2.24) is 15.1 Å². The summed E-state index contributed by atoms with van der Waals surface area (Å²) in [6, 6.07) is 14.9. The van der Waals surface area contributed by atoms with E-state index in [4.69, 9.17) is 15.9 Å². The summed E-state index contributed by atoms with van der Waals surface area (Å²) in [6.45, 7) is 0. The van der Waals surface area contributed by atoms with E-state index in [2.05, 4.69) is 15.2 Å². The number of hydrogen-bond donors (Lipinski definition) is 3. The number of aliphatic carboxylic acids is 1. The summed E-state index contributed by atoms with van der Waals surface area (Å²) in [5.74, 6) is -1.28. The van der Waals surface area contributed by atoms with Gasteiger partial charge in [0.05, 0.1) is 5.69 Å². The fraction of sp³-hybridized carbons (Fsp3) is 0.190. The molecule has 31 heavy (non-hydrogen) atoms. The van der Waals surface area contributed by atoms with Crippen LogP contribution in [0.4, 0.5) is 5.69 Å². The van der Waals surface area contributed by atoms with Crippen LogP contribution in [0.3, 0.4) is 0 Å². The number of hydrogen-bond acceptors (Lipinski definition) is 6. The first kappa shape index (κ1) is 21.5. The van der Waals surface area contributed by atoms with E-state index < -0.39 is 17.9 Å². The van der Waals surface area contributed by atoms with Gasteiger partial charge in [0.2, 0.25) is 17.7 Å². The largest absolute Gasteiger partial charge is 0.480 e. The van der Waals surface area contributed by atoms with Crippen LogP contribution in [0.1, 0.15) is 11.5 Å². The standard InChI is InChI=1S/C21H22N6O4/c1-27(16(20(29)30)11-13-5-3-2-4-6-13)18(28)12-17-25-26-19(31-17)14-7-9-15(10-8-14)24-21(22)23/h2-10,16H,11-12H2,1H3,(H,29,30)(H4,22,23,24)/t16-/m0/s1. The van der Waals surface area contributed by atoms with Crippen LogP contribution in [-0.2, 0) is 22.4 Å². The van der Waals surface area contributed by atoms with Gasteiger partial charge >= 0.3 is 5.97 Å². The summed E-state index contributed by atoms with van der Waals surface area (Å²) in [5, 5.41) is 17.4. The number of aliphatic imine (C=N–C) groups is 1. The Kier molecular flexibility index (Phi) is 6.61. The molecule has 0 saturated carbocycles. The molecule has 5 N–H and O–H groups in total. The maximum absolute atomic E-state index is 12.6. The van der Waals surface area contributed by atoms with Crippen LogP contribution >= 0.6 is 0 Å². The number of carbonyl (C=O) groups excluding carboxylic acids is 1. The Hall–Kier alpha value is -4.21.